The van der Waals surface area contributed by atoms with E-state index in [0.29, 0.717) is 5.92 Å². The molecule has 1 saturated heterocycles. The first-order valence-electron chi connectivity index (χ1n) is 7.66. The van der Waals surface area contributed by atoms with Gasteiger partial charge in [0.05, 0.1) is 5.01 Å². The Morgan fingerprint density at radius 1 is 1.27 bits per heavy atom. The molecule has 0 spiro atoms. The molecule has 0 unspecified atom stereocenters. The van der Waals surface area contributed by atoms with Gasteiger partial charge in [0.2, 0.25) is 5.91 Å². The van der Waals surface area contributed by atoms with Crippen LogP contribution >= 0.6 is 11.3 Å². The van der Waals surface area contributed by atoms with Crippen molar-refractivity contribution in [3.8, 4) is 0 Å². The molecular weight excluding hydrogens is 292 g/mol. The molecule has 1 fully saturated rings. The fourth-order valence-corrected chi connectivity index (χ4v) is 3.65. The van der Waals surface area contributed by atoms with Gasteiger partial charge in [-0.3, -0.25) is 4.79 Å². The summed E-state index contributed by atoms with van der Waals surface area (Å²) < 4.78 is 0. The van der Waals surface area contributed by atoms with Crippen molar-refractivity contribution < 1.29 is 4.79 Å². The lowest BCUT2D eigenvalue weighted by Gasteiger charge is -2.30. The number of allylic oxidation sites excluding steroid dienone is 1. The number of nitrogens with zero attached hydrogens (tertiary/aromatic N) is 2. The number of likely N-dealkylation sites (tertiary alicyclic amines) is 1. The Hall–Kier alpha value is -1.94. The maximum atomic E-state index is 12.4. The number of thiazole rings is 1. The molecule has 2 aromatic rings. The molecule has 4 heteroatoms. The van der Waals surface area contributed by atoms with E-state index in [1.807, 2.05) is 53.7 Å². The second-order valence-corrected chi connectivity index (χ2v) is 6.59. The minimum atomic E-state index is 0.124. The van der Waals surface area contributed by atoms with Gasteiger partial charge < -0.3 is 4.90 Å². The Morgan fingerprint density at radius 2 is 2.00 bits per heavy atom. The van der Waals surface area contributed by atoms with Crippen LogP contribution in [-0.2, 0) is 4.79 Å². The van der Waals surface area contributed by atoms with Crippen LogP contribution in [0.3, 0.4) is 0 Å². The first-order chi connectivity index (χ1) is 10.7. The summed E-state index contributed by atoms with van der Waals surface area (Å²) in [5, 5.41) is 3.24. The van der Waals surface area contributed by atoms with Crippen LogP contribution in [-0.4, -0.2) is 28.9 Å². The van der Waals surface area contributed by atoms with E-state index in [0.717, 1.165) is 37.1 Å². The van der Waals surface area contributed by atoms with Crippen LogP contribution in [0.4, 0.5) is 0 Å². The SMILES string of the molecule is C/C(=C\C(=O)N1CCC(c2nccs2)CC1)c1ccccc1. The zero-order chi connectivity index (χ0) is 15.4. The van der Waals surface area contributed by atoms with Crippen molar-refractivity contribution in [1.29, 1.82) is 0 Å². The van der Waals surface area contributed by atoms with Crippen LogP contribution in [0.25, 0.3) is 5.57 Å². The summed E-state index contributed by atoms with van der Waals surface area (Å²) >= 11 is 1.72. The number of carbonyl (C=O) groups is 1. The normalized spacial score (nSPS) is 16.8. The van der Waals surface area contributed by atoms with E-state index in [1.54, 1.807) is 17.4 Å². The molecule has 3 rings (SSSR count). The molecule has 1 aliphatic heterocycles. The number of amides is 1. The average molecular weight is 312 g/mol. The minimum Gasteiger partial charge on any atom is -0.339 e. The monoisotopic (exact) mass is 312 g/mol. The second-order valence-electron chi connectivity index (χ2n) is 5.66. The molecule has 114 valence electrons. The van der Waals surface area contributed by atoms with E-state index in [1.165, 1.54) is 5.01 Å². The third-order valence-electron chi connectivity index (χ3n) is 4.18. The first-order valence-corrected chi connectivity index (χ1v) is 8.54. The third kappa shape index (κ3) is 3.45. The second kappa shape index (κ2) is 6.88. The highest BCUT2D eigenvalue weighted by molar-refractivity contribution is 7.09. The fourth-order valence-electron chi connectivity index (χ4n) is 2.84. The highest BCUT2D eigenvalue weighted by atomic mass is 32.1. The van der Waals surface area contributed by atoms with Crippen LogP contribution in [0.2, 0.25) is 0 Å². The van der Waals surface area contributed by atoms with Gasteiger partial charge in [0.1, 0.15) is 0 Å². The molecular formula is C18H20N2OS. The predicted octanol–water partition coefficient (Wildman–Crippen LogP) is 3.95. The highest BCUT2D eigenvalue weighted by Gasteiger charge is 2.24. The molecule has 0 aliphatic carbocycles. The van der Waals surface area contributed by atoms with Crippen LogP contribution in [0.5, 0.6) is 0 Å². The van der Waals surface area contributed by atoms with Crippen molar-refractivity contribution in [1.82, 2.24) is 9.88 Å². The molecule has 0 N–H and O–H groups in total. The van der Waals surface area contributed by atoms with Crippen molar-refractivity contribution in [3.63, 3.8) is 0 Å². The van der Waals surface area contributed by atoms with E-state index in [-0.39, 0.29) is 5.91 Å². The Morgan fingerprint density at radius 3 is 2.64 bits per heavy atom. The van der Waals surface area contributed by atoms with Crippen LogP contribution < -0.4 is 0 Å². The summed E-state index contributed by atoms with van der Waals surface area (Å²) in [6, 6.07) is 10.1. The average Bonchev–Trinajstić information content (AvgIpc) is 3.10. The van der Waals surface area contributed by atoms with E-state index >= 15 is 0 Å². The van der Waals surface area contributed by atoms with Gasteiger partial charge >= 0.3 is 0 Å². The van der Waals surface area contributed by atoms with Crippen LogP contribution in [0, 0.1) is 0 Å². The number of piperidine rings is 1. The molecule has 0 saturated carbocycles. The summed E-state index contributed by atoms with van der Waals surface area (Å²) in [5.41, 5.74) is 2.13. The van der Waals surface area contributed by atoms with Crippen LogP contribution in [0.15, 0.2) is 48.0 Å². The maximum Gasteiger partial charge on any atom is 0.246 e. The van der Waals surface area contributed by atoms with Gasteiger partial charge in [-0.15, -0.1) is 11.3 Å². The Balaban J connectivity index is 1.60. The molecule has 1 amide bonds. The fraction of sp³-hybridized carbons (Fsp3) is 0.333. The smallest absolute Gasteiger partial charge is 0.246 e. The van der Waals surface area contributed by atoms with E-state index in [9.17, 15) is 4.79 Å². The van der Waals surface area contributed by atoms with Crippen molar-refractivity contribution in [2.45, 2.75) is 25.7 Å². The molecule has 1 aromatic carbocycles. The van der Waals surface area contributed by atoms with Gasteiger partial charge in [-0.1, -0.05) is 30.3 Å². The van der Waals surface area contributed by atoms with Gasteiger partial charge in [0, 0.05) is 36.7 Å². The standard InChI is InChI=1S/C18H20N2OS/c1-14(15-5-3-2-4-6-15)13-17(21)20-10-7-16(8-11-20)18-19-9-12-22-18/h2-6,9,12-13,16H,7-8,10-11H2,1H3/b14-13+. The molecule has 0 bridgehead atoms. The molecule has 1 aliphatic rings. The zero-order valence-corrected chi connectivity index (χ0v) is 13.6. The van der Waals surface area contributed by atoms with Gasteiger partial charge in [-0.2, -0.15) is 0 Å². The van der Waals surface area contributed by atoms with Gasteiger partial charge in [0.25, 0.3) is 0 Å². The number of hydrogen-bond acceptors (Lipinski definition) is 3. The Bertz CT molecular complexity index is 641. The summed E-state index contributed by atoms with van der Waals surface area (Å²) in [7, 11) is 0. The minimum absolute atomic E-state index is 0.124. The van der Waals surface area contributed by atoms with E-state index < -0.39 is 0 Å². The topological polar surface area (TPSA) is 33.2 Å². The third-order valence-corrected chi connectivity index (χ3v) is 5.11. The molecule has 1 aromatic heterocycles. The Labute approximate surface area is 135 Å². The van der Waals surface area contributed by atoms with Crippen LogP contribution in [0.1, 0.15) is 36.3 Å². The summed E-state index contributed by atoms with van der Waals surface area (Å²) in [4.78, 5) is 18.8. The van der Waals surface area contributed by atoms with E-state index in [2.05, 4.69) is 4.98 Å². The van der Waals surface area contributed by atoms with Crippen molar-refractivity contribution in [2.24, 2.45) is 0 Å². The van der Waals surface area contributed by atoms with E-state index in [4.69, 9.17) is 0 Å². The number of carbonyl (C=O) groups excluding carboxylic acids is 1. The number of aromatic nitrogens is 1. The molecule has 3 nitrogen and oxygen atoms in total. The van der Waals surface area contributed by atoms with Gasteiger partial charge in [0.15, 0.2) is 0 Å². The van der Waals surface area contributed by atoms with Crippen molar-refractivity contribution in [2.75, 3.05) is 13.1 Å². The Kier molecular flexibility index (Phi) is 4.68. The van der Waals surface area contributed by atoms with Crippen molar-refractivity contribution >= 4 is 22.8 Å². The molecule has 0 atom stereocenters. The van der Waals surface area contributed by atoms with Crippen molar-refractivity contribution in [3.05, 3.63) is 58.6 Å². The molecule has 0 radical (unpaired) electrons. The first kappa shape index (κ1) is 15.0. The number of rotatable bonds is 3. The largest absolute Gasteiger partial charge is 0.339 e. The highest BCUT2D eigenvalue weighted by Crippen LogP contribution is 2.29. The number of hydrogen-bond donors (Lipinski definition) is 0. The predicted molar refractivity (Wildman–Crippen MR) is 90.8 cm³/mol. The van der Waals surface area contributed by atoms with Gasteiger partial charge in [-0.05, 0) is 30.9 Å². The quantitative estimate of drug-likeness (QED) is 0.804. The summed E-state index contributed by atoms with van der Waals surface area (Å²) in [6.45, 7) is 3.64. The number of benzene rings is 1. The summed E-state index contributed by atoms with van der Waals surface area (Å²) in [5.74, 6) is 0.641. The molecule has 22 heavy (non-hydrogen) atoms. The zero-order valence-electron chi connectivity index (χ0n) is 12.7. The maximum absolute atomic E-state index is 12.4. The lowest BCUT2D eigenvalue weighted by Crippen LogP contribution is -2.37. The van der Waals surface area contributed by atoms with Gasteiger partial charge in [-0.25, -0.2) is 4.98 Å². The summed E-state index contributed by atoms with van der Waals surface area (Å²) in [6.07, 6.45) is 5.65. The molecule has 2 heterocycles. The lowest BCUT2D eigenvalue weighted by atomic mass is 9.97. The lowest BCUT2D eigenvalue weighted by molar-refractivity contribution is -0.127.